The van der Waals surface area contributed by atoms with Gasteiger partial charge in [-0.3, -0.25) is 5.32 Å². The van der Waals surface area contributed by atoms with E-state index in [9.17, 15) is 18.0 Å². The van der Waals surface area contributed by atoms with Gasteiger partial charge >= 0.3 is 6.03 Å². The minimum atomic E-state index is -2.72. The molecule has 6 nitrogen and oxygen atoms in total. The van der Waals surface area contributed by atoms with Crippen LogP contribution in [0.5, 0.6) is 0 Å². The van der Waals surface area contributed by atoms with Crippen LogP contribution >= 0.6 is 11.5 Å². The Morgan fingerprint density at radius 2 is 2.00 bits per heavy atom. The second-order valence-electron chi connectivity index (χ2n) is 7.67. The SMILES string of the molecule is CC(C)(C)[Si](C)(C)OCc1c(NC(=O)Nc2cc(C(F)F)ns2)ccnc1F. The maximum Gasteiger partial charge on any atom is 0.324 e. The number of anilines is 2. The first-order valence-corrected chi connectivity index (χ1v) is 12.2. The molecule has 2 rings (SSSR count). The predicted molar refractivity (Wildman–Crippen MR) is 106 cm³/mol. The first-order chi connectivity index (χ1) is 12.9. The van der Waals surface area contributed by atoms with Gasteiger partial charge in [0, 0.05) is 12.3 Å². The minimum Gasteiger partial charge on any atom is -0.412 e. The zero-order valence-electron chi connectivity index (χ0n) is 16.3. The fourth-order valence-electron chi connectivity index (χ4n) is 1.91. The number of urea groups is 1. The van der Waals surface area contributed by atoms with Crippen molar-refractivity contribution in [3.63, 3.8) is 0 Å². The summed E-state index contributed by atoms with van der Waals surface area (Å²) in [5.74, 6) is -0.741. The molecule has 0 aromatic carbocycles. The predicted octanol–water partition coefficient (Wildman–Crippen LogP) is 5.78. The number of nitrogens with zero attached hydrogens (tertiary/aromatic N) is 2. The van der Waals surface area contributed by atoms with Gasteiger partial charge in [0.2, 0.25) is 5.95 Å². The van der Waals surface area contributed by atoms with Crippen molar-refractivity contribution in [1.82, 2.24) is 9.36 Å². The molecule has 154 valence electrons. The average Bonchev–Trinajstić information content (AvgIpc) is 3.01. The molecule has 0 bridgehead atoms. The Labute approximate surface area is 166 Å². The van der Waals surface area contributed by atoms with Gasteiger partial charge in [-0.15, -0.1) is 0 Å². The number of hydrogen-bond donors (Lipinski definition) is 2. The van der Waals surface area contributed by atoms with Crippen molar-refractivity contribution in [3.8, 4) is 0 Å². The number of carbonyl (C=O) groups excluding carboxylic acids is 1. The third-order valence-corrected chi connectivity index (χ3v) is 9.82. The highest BCUT2D eigenvalue weighted by atomic mass is 32.1. The van der Waals surface area contributed by atoms with Crippen molar-refractivity contribution in [3.05, 3.63) is 35.5 Å². The van der Waals surface area contributed by atoms with E-state index < -0.39 is 32.4 Å². The molecule has 0 atom stereocenters. The molecule has 11 heteroatoms. The Kier molecular flexibility index (Phi) is 6.83. The van der Waals surface area contributed by atoms with Gasteiger partial charge in [0.25, 0.3) is 6.43 Å². The number of carbonyl (C=O) groups is 1. The largest absolute Gasteiger partial charge is 0.412 e. The number of amides is 2. The van der Waals surface area contributed by atoms with Crippen LogP contribution in [0.15, 0.2) is 18.3 Å². The van der Waals surface area contributed by atoms with Gasteiger partial charge in [-0.2, -0.15) is 8.76 Å². The van der Waals surface area contributed by atoms with E-state index in [4.69, 9.17) is 4.43 Å². The number of alkyl halides is 2. The Morgan fingerprint density at radius 1 is 1.32 bits per heavy atom. The van der Waals surface area contributed by atoms with Gasteiger partial charge in [0.05, 0.1) is 17.9 Å². The Bertz CT molecular complexity index is 840. The van der Waals surface area contributed by atoms with Crippen LogP contribution in [0.4, 0.5) is 28.7 Å². The number of hydrogen-bond acceptors (Lipinski definition) is 5. The number of aromatic nitrogens is 2. The normalized spacial score (nSPS) is 12.3. The third kappa shape index (κ3) is 5.52. The maximum absolute atomic E-state index is 14.3. The van der Waals surface area contributed by atoms with Crippen LogP contribution < -0.4 is 10.6 Å². The van der Waals surface area contributed by atoms with Crippen LogP contribution in [0.1, 0.15) is 38.5 Å². The van der Waals surface area contributed by atoms with Crippen molar-refractivity contribution in [2.24, 2.45) is 0 Å². The van der Waals surface area contributed by atoms with Crippen molar-refractivity contribution in [1.29, 1.82) is 0 Å². The summed E-state index contributed by atoms with van der Waals surface area (Å²) >= 11 is 0.733. The molecule has 0 aliphatic carbocycles. The average molecular weight is 433 g/mol. The number of halogens is 3. The second-order valence-corrected chi connectivity index (χ2v) is 13.3. The number of rotatable bonds is 6. The summed E-state index contributed by atoms with van der Waals surface area (Å²) in [5, 5.41) is 5.01. The van der Waals surface area contributed by atoms with E-state index in [2.05, 4.69) is 40.8 Å². The molecule has 2 aromatic rings. The van der Waals surface area contributed by atoms with Crippen LogP contribution in [0.25, 0.3) is 0 Å². The summed E-state index contributed by atoms with van der Waals surface area (Å²) in [6.07, 6.45) is -1.49. The zero-order valence-corrected chi connectivity index (χ0v) is 18.1. The molecular weight excluding hydrogens is 409 g/mol. The highest BCUT2D eigenvalue weighted by Gasteiger charge is 2.37. The van der Waals surface area contributed by atoms with Crippen LogP contribution in [0.3, 0.4) is 0 Å². The number of nitrogens with one attached hydrogen (secondary N) is 2. The van der Waals surface area contributed by atoms with Gasteiger partial charge in [-0.1, -0.05) is 20.8 Å². The highest BCUT2D eigenvalue weighted by molar-refractivity contribution is 7.10. The molecule has 0 spiro atoms. The van der Waals surface area contributed by atoms with Gasteiger partial charge in [-0.25, -0.2) is 18.6 Å². The molecule has 0 aliphatic heterocycles. The van der Waals surface area contributed by atoms with Gasteiger partial charge in [0.15, 0.2) is 8.32 Å². The summed E-state index contributed by atoms with van der Waals surface area (Å²) in [6.45, 7) is 10.2. The highest BCUT2D eigenvalue weighted by Crippen LogP contribution is 2.37. The molecular formula is C17H23F3N4O2SSi. The van der Waals surface area contributed by atoms with E-state index in [1.54, 1.807) is 0 Å². The lowest BCUT2D eigenvalue weighted by molar-refractivity contribution is 0.147. The molecule has 2 heterocycles. The lowest BCUT2D eigenvalue weighted by Crippen LogP contribution is -2.40. The fourth-order valence-corrected chi connectivity index (χ4v) is 3.49. The van der Waals surface area contributed by atoms with E-state index in [0.717, 1.165) is 17.6 Å². The van der Waals surface area contributed by atoms with Crippen molar-refractivity contribution in [2.75, 3.05) is 10.6 Å². The summed E-state index contributed by atoms with van der Waals surface area (Å²) in [5.41, 5.74) is -0.0962. The zero-order chi connectivity index (χ0) is 21.1. The van der Waals surface area contributed by atoms with Crippen molar-refractivity contribution < 1.29 is 22.4 Å². The molecule has 28 heavy (non-hydrogen) atoms. The fraction of sp³-hybridized carbons (Fsp3) is 0.471. The Hall–Kier alpha value is -1.98. The number of pyridine rings is 1. The Morgan fingerprint density at radius 3 is 2.57 bits per heavy atom. The van der Waals surface area contributed by atoms with E-state index in [1.165, 1.54) is 12.3 Å². The summed E-state index contributed by atoms with van der Waals surface area (Å²) in [7, 11) is -2.14. The van der Waals surface area contributed by atoms with E-state index in [1.807, 2.05) is 13.1 Å². The van der Waals surface area contributed by atoms with Crippen LogP contribution in [-0.2, 0) is 11.0 Å². The maximum atomic E-state index is 14.3. The molecule has 0 saturated carbocycles. The third-order valence-electron chi connectivity index (χ3n) is 4.62. The van der Waals surface area contributed by atoms with Crippen LogP contribution in [-0.4, -0.2) is 23.7 Å². The standard InChI is InChI=1S/C17H23F3N4O2SSi/c1-17(2,3)28(4,5)26-9-10-11(6-7-21-15(10)20)22-16(25)23-13-8-12(14(18)19)24-27-13/h6-8,14H,9H2,1-5H3,(H2,21,22,23,25). The summed E-state index contributed by atoms with van der Waals surface area (Å²) < 4.78 is 49.0. The van der Waals surface area contributed by atoms with Crippen molar-refractivity contribution >= 4 is 36.6 Å². The Balaban J connectivity index is 2.11. The molecule has 2 amide bonds. The van der Waals surface area contributed by atoms with E-state index in [0.29, 0.717) is 0 Å². The molecule has 0 saturated heterocycles. The summed E-state index contributed by atoms with van der Waals surface area (Å²) in [4.78, 5) is 15.8. The van der Waals surface area contributed by atoms with Crippen molar-refractivity contribution in [2.45, 2.75) is 51.9 Å². The molecule has 2 N–H and O–H groups in total. The monoisotopic (exact) mass is 432 g/mol. The van der Waals surface area contributed by atoms with Gasteiger partial charge < -0.3 is 9.74 Å². The van der Waals surface area contributed by atoms with Gasteiger partial charge in [-0.05, 0) is 35.7 Å². The van der Waals surface area contributed by atoms with E-state index in [-0.39, 0.29) is 27.9 Å². The first-order valence-electron chi connectivity index (χ1n) is 8.51. The molecule has 0 unspecified atom stereocenters. The van der Waals surface area contributed by atoms with E-state index >= 15 is 0 Å². The van der Waals surface area contributed by atoms with Gasteiger partial charge in [0.1, 0.15) is 10.7 Å². The lowest BCUT2D eigenvalue weighted by Gasteiger charge is -2.36. The van der Waals surface area contributed by atoms with Crippen LogP contribution in [0.2, 0.25) is 18.1 Å². The lowest BCUT2D eigenvalue weighted by atomic mass is 10.2. The van der Waals surface area contributed by atoms with Crippen LogP contribution in [0, 0.1) is 5.95 Å². The molecule has 0 aliphatic rings. The molecule has 0 fully saturated rings. The summed E-state index contributed by atoms with van der Waals surface area (Å²) in [6, 6.07) is 1.83. The smallest absolute Gasteiger partial charge is 0.324 e. The second kappa shape index (κ2) is 8.58. The first kappa shape index (κ1) is 22.3. The quantitative estimate of drug-likeness (QED) is 0.448. The topological polar surface area (TPSA) is 76.1 Å². The molecule has 0 radical (unpaired) electrons. The minimum absolute atomic E-state index is 0.0398. The molecule has 2 aromatic heterocycles.